The van der Waals surface area contributed by atoms with Crippen LogP contribution in [0.3, 0.4) is 0 Å². The Kier molecular flexibility index (Phi) is 4.90. The van der Waals surface area contributed by atoms with E-state index in [-0.39, 0.29) is 11.3 Å². The molecule has 10 rings (SSSR count). The summed E-state index contributed by atoms with van der Waals surface area (Å²) in [5.74, 6) is 2.30. The van der Waals surface area contributed by atoms with Crippen molar-refractivity contribution in [3.8, 4) is 0 Å². The fourth-order valence-electron chi connectivity index (χ4n) is 12.1. The smallest absolute Gasteiger partial charge is 0.0827 e. The van der Waals surface area contributed by atoms with Crippen LogP contribution in [0.25, 0.3) is 5.57 Å². The molecule has 3 heteroatoms. The first kappa shape index (κ1) is 24.6. The third kappa shape index (κ3) is 2.86. The third-order valence-corrected chi connectivity index (χ3v) is 13.7. The Morgan fingerprint density at radius 2 is 1.90 bits per heavy atom. The molecule has 9 atom stereocenters. The molecule has 4 aliphatic carbocycles. The van der Waals surface area contributed by atoms with Crippen LogP contribution in [0.15, 0.2) is 89.7 Å². The van der Waals surface area contributed by atoms with E-state index in [0.29, 0.717) is 29.8 Å². The van der Waals surface area contributed by atoms with E-state index >= 15 is 0 Å². The highest BCUT2D eigenvalue weighted by atomic mass is 16.3. The molecule has 42 heavy (non-hydrogen) atoms. The van der Waals surface area contributed by atoms with Gasteiger partial charge in [0.25, 0.3) is 0 Å². The zero-order valence-corrected chi connectivity index (χ0v) is 24.8. The summed E-state index contributed by atoms with van der Waals surface area (Å²) in [7, 11) is 0. The Hall–Kier alpha value is -2.88. The minimum atomic E-state index is -0.401. The number of para-hydroxylation sites is 1. The fourth-order valence-corrected chi connectivity index (χ4v) is 12.1. The largest absolute Gasteiger partial charge is 0.388 e. The van der Waals surface area contributed by atoms with Crippen molar-refractivity contribution in [1.82, 2.24) is 4.90 Å². The van der Waals surface area contributed by atoms with E-state index in [0.717, 1.165) is 38.3 Å². The van der Waals surface area contributed by atoms with Crippen molar-refractivity contribution in [2.45, 2.75) is 75.5 Å². The lowest BCUT2D eigenvalue weighted by molar-refractivity contribution is -0.0137. The molecule has 3 unspecified atom stereocenters. The minimum Gasteiger partial charge on any atom is -0.388 e. The highest BCUT2D eigenvalue weighted by Gasteiger charge is 2.69. The average Bonchev–Trinajstić information content (AvgIpc) is 3.69. The number of aliphatic hydroxyl groups excluding tert-OH is 1. The van der Waals surface area contributed by atoms with E-state index in [2.05, 4.69) is 84.1 Å². The first-order chi connectivity index (χ1) is 20.6. The molecule has 3 nitrogen and oxygen atoms in total. The number of fused-ring (bicyclic) bond motifs is 8. The molecule has 8 aliphatic rings. The van der Waals surface area contributed by atoms with E-state index in [1.54, 1.807) is 22.3 Å². The minimum absolute atomic E-state index is 0.126. The summed E-state index contributed by atoms with van der Waals surface area (Å²) >= 11 is 0. The highest BCUT2D eigenvalue weighted by Crippen LogP contribution is 2.66. The second-order valence-electron chi connectivity index (χ2n) is 14.9. The van der Waals surface area contributed by atoms with Crippen molar-refractivity contribution < 1.29 is 5.11 Å². The average molecular weight is 555 g/mol. The van der Waals surface area contributed by atoms with Crippen LogP contribution in [-0.2, 0) is 11.8 Å². The SMILES string of the molecule is C=C1CN2CCC34c5ccccc5N5C=C([C@H]6CC7C8=C(CCC7C/C6=C/C)c6ccccc6C8)[C@@H](O)[C@@H]([C@H]53)[C@H]1C[C@H]24. The molecule has 4 aliphatic heterocycles. The summed E-state index contributed by atoms with van der Waals surface area (Å²) in [6.07, 6.45) is 12.9. The second kappa shape index (κ2) is 8.39. The number of aliphatic hydroxyl groups is 1. The van der Waals surface area contributed by atoms with Crippen LogP contribution in [-0.4, -0.2) is 41.3 Å². The van der Waals surface area contributed by atoms with Gasteiger partial charge in [-0.05, 0) is 110 Å². The van der Waals surface area contributed by atoms with Gasteiger partial charge in [0.1, 0.15) is 0 Å². The topological polar surface area (TPSA) is 26.7 Å². The van der Waals surface area contributed by atoms with Gasteiger partial charge in [-0.3, -0.25) is 4.90 Å². The van der Waals surface area contributed by atoms with Crippen LogP contribution in [0.4, 0.5) is 5.69 Å². The molecule has 1 spiro atoms. The molecule has 0 aromatic heterocycles. The number of piperidine rings is 1. The lowest BCUT2D eigenvalue weighted by Gasteiger charge is -2.59. The first-order valence-electron chi connectivity index (χ1n) is 16.7. The molecule has 2 aromatic carbocycles. The van der Waals surface area contributed by atoms with E-state index in [9.17, 15) is 5.11 Å². The predicted molar refractivity (Wildman–Crippen MR) is 169 cm³/mol. The number of benzene rings is 2. The summed E-state index contributed by atoms with van der Waals surface area (Å²) < 4.78 is 0. The van der Waals surface area contributed by atoms with Crippen molar-refractivity contribution in [2.75, 3.05) is 18.0 Å². The van der Waals surface area contributed by atoms with Gasteiger partial charge >= 0.3 is 0 Å². The van der Waals surface area contributed by atoms with Gasteiger partial charge in [0, 0.05) is 41.7 Å². The lowest BCUT2D eigenvalue weighted by Crippen LogP contribution is -2.67. The van der Waals surface area contributed by atoms with Gasteiger partial charge in [0.2, 0.25) is 0 Å². The van der Waals surface area contributed by atoms with Gasteiger partial charge in [-0.15, -0.1) is 0 Å². The maximum absolute atomic E-state index is 12.7. The molecule has 214 valence electrons. The number of nitrogens with zero attached hydrogens (tertiary/aromatic N) is 2. The zero-order chi connectivity index (χ0) is 27.9. The number of rotatable bonds is 1. The summed E-state index contributed by atoms with van der Waals surface area (Å²) in [5.41, 5.74) is 13.8. The molecule has 2 aromatic rings. The molecule has 2 saturated carbocycles. The first-order valence-corrected chi connectivity index (χ1v) is 16.7. The monoisotopic (exact) mass is 554 g/mol. The summed E-state index contributed by atoms with van der Waals surface area (Å²) in [5, 5.41) is 12.7. The van der Waals surface area contributed by atoms with Crippen LogP contribution in [0.1, 0.15) is 62.1 Å². The summed E-state index contributed by atoms with van der Waals surface area (Å²) in [4.78, 5) is 5.41. The normalized spacial score (nSPS) is 41.8. The van der Waals surface area contributed by atoms with Gasteiger partial charge in [-0.2, -0.15) is 0 Å². The quantitative estimate of drug-likeness (QED) is 0.383. The van der Waals surface area contributed by atoms with Gasteiger partial charge in [-0.25, -0.2) is 0 Å². The summed E-state index contributed by atoms with van der Waals surface area (Å²) in [6.45, 7) is 9.08. The van der Waals surface area contributed by atoms with Crippen molar-refractivity contribution in [3.05, 3.63) is 106 Å². The Labute approximate surface area is 250 Å². The van der Waals surface area contributed by atoms with Crippen LogP contribution < -0.4 is 4.90 Å². The van der Waals surface area contributed by atoms with Crippen LogP contribution in [0.2, 0.25) is 0 Å². The molecule has 0 amide bonds. The molecule has 0 radical (unpaired) electrons. The van der Waals surface area contributed by atoms with E-state index in [4.69, 9.17) is 0 Å². The van der Waals surface area contributed by atoms with Crippen molar-refractivity contribution in [1.29, 1.82) is 0 Å². The molecular weight excluding hydrogens is 512 g/mol. The van der Waals surface area contributed by atoms with E-state index < -0.39 is 6.10 Å². The maximum atomic E-state index is 12.7. The maximum Gasteiger partial charge on any atom is 0.0827 e. The number of hydrogen-bond donors (Lipinski definition) is 1. The van der Waals surface area contributed by atoms with E-state index in [1.165, 1.54) is 53.6 Å². The van der Waals surface area contributed by atoms with Gasteiger partial charge in [0.05, 0.1) is 12.1 Å². The van der Waals surface area contributed by atoms with Crippen molar-refractivity contribution in [2.24, 2.45) is 29.6 Å². The number of allylic oxidation sites excluding steroid dienone is 4. The summed E-state index contributed by atoms with van der Waals surface area (Å²) in [6, 6.07) is 19.3. The van der Waals surface area contributed by atoms with Crippen molar-refractivity contribution in [3.63, 3.8) is 0 Å². The van der Waals surface area contributed by atoms with Crippen LogP contribution >= 0.6 is 0 Å². The van der Waals surface area contributed by atoms with Crippen LogP contribution in [0, 0.1) is 29.6 Å². The predicted octanol–water partition coefficient (Wildman–Crippen LogP) is 7.04. The number of anilines is 1. The standard InChI is InChI=1S/C39H42N2O/c1-3-23-16-25-12-13-27-26-9-5-4-8-24(26)17-31(27)30(25)18-29(23)32-21-41-34-11-7-6-10-33(34)39-14-15-40-20-22(2)28(19-35(39)40)36(37(32)42)38(39)41/h3-11,21,25,28-30,35-38,42H,2,12-20H2,1H3/b23-3-/t25?,28-,29-,30?,35-,36-,37+,38-,39?/m0/s1. The molecule has 4 heterocycles. The fraction of sp³-hybridized carbons (Fsp3) is 0.487. The van der Waals surface area contributed by atoms with Crippen molar-refractivity contribution >= 4 is 11.3 Å². The second-order valence-corrected chi connectivity index (χ2v) is 14.9. The Balaban J connectivity index is 1.10. The number of hydrogen-bond acceptors (Lipinski definition) is 3. The molecule has 2 saturated heterocycles. The zero-order valence-electron chi connectivity index (χ0n) is 24.8. The van der Waals surface area contributed by atoms with Gasteiger partial charge in [0.15, 0.2) is 0 Å². The Morgan fingerprint density at radius 1 is 1.05 bits per heavy atom. The lowest BCUT2D eigenvalue weighted by atomic mass is 9.52. The van der Waals surface area contributed by atoms with Gasteiger partial charge < -0.3 is 10.0 Å². The van der Waals surface area contributed by atoms with Gasteiger partial charge in [-0.1, -0.05) is 71.8 Å². The molecule has 2 bridgehead atoms. The Morgan fingerprint density at radius 3 is 2.81 bits per heavy atom. The molecular formula is C39H42N2O. The Bertz CT molecular complexity index is 1640. The van der Waals surface area contributed by atoms with E-state index in [1.807, 2.05) is 0 Å². The molecule has 1 N–H and O–H groups in total. The van der Waals surface area contributed by atoms with Crippen LogP contribution in [0.5, 0.6) is 0 Å². The third-order valence-electron chi connectivity index (χ3n) is 13.7. The molecule has 4 fully saturated rings. The highest BCUT2D eigenvalue weighted by molar-refractivity contribution is 5.78.